The number of rotatable bonds is 1. The Morgan fingerprint density at radius 2 is 2.12 bits per heavy atom. The van der Waals surface area contributed by atoms with Gasteiger partial charge in [0.2, 0.25) is 0 Å². The molecule has 0 spiro atoms. The van der Waals surface area contributed by atoms with Crippen molar-refractivity contribution in [2.75, 3.05) is 13.1 Å². The second-order valence-electron chi connectivity index (χ2n) is 4.28. The lowest BCUT2D eigenvalue weighted by molar-refractivity contribution is -0.116. The van der Waals surface area contributed by atoms with E-state index in [2.05, 4.69) is 0 Å². The summed E-state index contributed by atoms with van der Waals surface area (Å²) in [4.78, 5) is 24.3. The van der Waals surface area contributed by atoms with Gasteiger partial charge in [-0.1, -0.05) is 12.1 Å². The van der Waals surface area contributed by atoms with E-state index in [1.165, 1.54) is 4.90 Å². The minimum Gasteiger partial charge on any atom is -0.410 e. The fourth-order valence-corrected chi connectivity index (χ4v) is 1.78. The number of benzene rings is 1. The standard InChI is InChI=1S/C13H15NO3/c1-9-4-3-5-12(10(9)2)17-13(16)14-7-6-11(15)8-14/h3-5H,6-8H2,1-2H3. The Kier molecular flexibility index (Phi) is 3.13. The molecule has 1 saturated heterocycles. The van der Waals surface area contributed by atoms with E-state index < -0.39 is 6.09 Å². The molecule has 0 atom stereocenters. The van der Waals surface area contributed by atoms with E-state index in [-0.39, 0.29) is 12.3 Å². The normalized spacial score (nSPS) is 15.2. The van der Waals surface area contributed by atoms with Gasteiger partial charge in [0.25, 0.3) is 0 Å². The summed E-state index contributed by atoms with van der Waals surface area (Å²) in [6.45, 7) is 4.51. The average molecular weight is 233 g/mol. The van der Waals surface area contributed by atoms with Gasteiger partial charge in [0.1, 0.15) is 5.75 Å². The molecule has 90 valence electrons. The van der Waals surface area contributed by atoms with Gasteiger partial charge in [0.15, 0.2) is 5.78 Å². The third-order valence-corrected chi connectivity index (χ3v) is 3.04. The molecule has 1 amide bonds. The number of Topliss-reactive ketones (excluding diaryl/α,β-unsaturated/α-hetero) is 1. The number of amides is 1. The minimum atomic E-state index is -0.440. The van der Waals surface area contributed by atoms with Crippen LogP contribution in [0.15, 0.2) is 18.2 Å². The van der Waals surface area contributed by atoms with Crippen molar-refractivity contribution in [1.29, 1.82) is 0 Å². The molecule has 0 bridgehead atoms. The van der Waals surface area contributed by atoms with Crippen molar-refractivity contribution in [2.24, 2.45) is 0 Å². The Labute approximate surface area is 100 Å². The molecule has 0 N–H and O–H groups in total. The molecule has 4 heteroatoms. The van der Waals surface area contributed by atoms with Gasteiger partial charge < -0.3 is 9.64 Å². The van der Waals surface area contributed by atoms with Crippen LogP contribution in [-0.2, 0) is 4.79 Å². The first kappa shape index (κ1) is 11.6. The highest BCUT2D eigenvalue weighted by Crippen LogP contribution is 2.21. The molecule has 4 nitrogen and oxygen atoms in total. The number of aryl methyl sites for hydroxylation is 1. The predicted octanol–water partition coefficient (Wildman–Crippen LogP) is 2.08. The van der Waals surface area contributed by atoms with Gasteiger partial charge in [-0.2, -0.15) is 0 Å². The van der Waals surface area contributed by atoms with E-state index in [1.807, 2.05) is 26.0 Å². The van der Waals surface area contributed by atoms with Crippen LogP contribution in [0.1, 0.15) is 17.5 Å². The van der Waals surface area contributed by atoms with Gasteiger partial charge >= 0.3 is 6.09 Å². The first-order chi connectivity index (χ1) is 8.08. The van der Waals surface area contributed by atoms with E-state index in [0.29, 0.717) is 18.7 Å². The maximum Gasteiger partial charge on any atom is 0.415 e. The first-order valence-corrected chi connectivity index (χ1v) is 5.62. The Morgan fingerprint density at radius 1 is 1.35 bits per heavy atom. The average Bonchev–Trinajstić information content (AvgIpc) is 2.72. The van der Waals surface area contributed by atoms with Crippen LogP contribution in [0.2, 0.25) is 0 Å². The molecule has 1 aliphatic heterocycles. The van der Waals surface area contributed by atoms with Crippen molar-refractivity contribution in [3.8, 4) is 5.75 Å². The number of ether oxygens (including phenoxy) is 1. The fraction of sp³-hybridized carbons (Fsp3) is 0.385. The van der Waals surface area contributed by atoms with Crippen LogP contribution in [0.3, 0.4) is 0 Å². The second-order valence-corrected chi connectivity index (χ2v) is 4.28. The highest BCUT2D eigenvalue weighted by atomic mass is 16.6. The van der Waals surface area contributed by atoms with Gasteiger partial charge in [0, 0.05) is 13.0 Å². The number of hydrogen-bond donors (Lipinski definition) is 0. The molecule has 0 radical (unpaired) electrons. The molecule has 1 aliphatic rings. The van der Waals surface area contributed by atoms with Crippen molar-refractivity contribution < 1.29 is 14.3 Å². The molecule has 2 rings (SSSR count). The Morgan fingerprint density at radius 3 is 2.76 bits per heavy atom. The minimum absolute atomic E-state index is 0.0860. The first-order valence-electron chi connectivity index (χ1n) is 5.62. The number of carbonyl (C=O) groups is 2. The van der Waals surface area contributed by atoms with Crippen molar-refractivity contribution in [1.82, 2.24) is 4.90 Å². The van der Waals surface area contributed by atoms with Crippen LogP contribution in [-0.4, -0.2) is 29.9 Å². The second kappa shape index (κ2) is 4.57. The van der Waals surface area contributed by atoms with Gasteiger partial charge in [-0.3, -0.25) is 4.79 Å². The zero-order valence-electron chi connectivity index (χ0n) is 10.0. The van der Waals surface area contributed by atoms with E-state index in [4.69, 9.17) is 4.74 Å². The molecular formula is C13H15NO3. The van der Waals surface area contributed by atoms with Gasteiger partial charge in [0.05, 0.1) is 6.54 Å². The highest BCUT2D eigenvalue weighted by molar-refractivity contribution is 5.87. The van der Waals surface area contributed by atoms with Gasteiger partial charge in [-0.15, -0.1) is 0 Å². The smallest absolute Gasteiger partial charge is 0.410 e. The lowest BCUT2D eigenvalue weighted by Gasteiger charge is -2.15. The highest BCUT2D eigenvalue weighted by Gasteiger charge is 2.25. The zero-order valence-corrected chi connectivity index (χ0v) is 10.0. The van der Waals surface area contributed by atoms with E-state index in [1.54, 1.807) is 6.07 Å². The number of ketones is 1. The molecule has 1 aromatic rings. The largest absolute Gasteiger partial charge is 0.415 e. The summed E-state index contributed by atoms with van der Waals surface area (Å²) >= 11 is 0. The maximum atomic E-state index is 11.8. The van der Waals surface area contributed by atoms with Crippen LogP contribution in [0.4, 0.5) is 4.79 Å². The van der Waals surface area contributed by atoms with E-state index >= 15 is 0 Å². The summed E-state index contributed by atoms with van der Waals surface area (Å²) in [5.74, 6) is 0.650. The molecule has 1 fully saturated rings. The summed E-state index contributed by atoms with van der Waals surface area (Å²) in [5.41, 5.74) is 2.03. The number of carbonyl (C=O) groups excluding carboxylic acids is 2. The van der Waals surface area contributed by atoms with Crippen LogP contribution in [0.25, 0.3) is 0 Å². The molecule has 0 aromatic heterocycles. The molecule has 17 heavy (non-hydrogen) atoms. The summed E-state index contributed by atoms with van der Waals surface area (Å²) in [5, 5.41) is 0. The van der Waals surface area contributed by atoms with Crippen LogP contribution < -0.4 is 4.74 Å². The quantitative estimate of drug-likeness (QED) is 0.746. The van der Waals surface area contributed by atoms with E-state index in [9.17, 15) is 9.59 Å². The molecular weight excluding hydrogens is 218 g/mol. The Bertz CT molecular complexity index is 468. The topological polar surface area (TPSA) is 46.6 Å². The Balaban J connectivity index is 2.08. The van der Waals surface area contributed by atoms with Crippen molar-refractivity contribution in [3.05, 3.63) is 29.3 Å². The maximum absolute atomic E-state index is 11.8. The third-order valence-electron chi connectivity index (χ3n) is 3.04. The molecule has 1 aromatic carbocycles. The van der Waals surface area contributed by atoms with Gasteiger partial charge in [-0.05, 0) is 31.0 Å². The lowest BCUT2D eigenvalue weighted by atomic mass is 10.1. The molecule has 0 saturated carbocycles. The summed E-state index contributed by atoms with van der Waals surface area (Å²) < 4.78 is 5.29. The van der Waals surface area contributed by atoms with Crippen LogP contribution >= 0.6 is 0 Å². The lowest BCUT2D eigenvalue weighted by Crippen LogP contribution is -2.31. The number of hydrogen-bond acceptors (Lipinski definition) is 3. The molecule has 0 aliphatic carbocycles. The van der Waals surface area contributed by atoms with E-state index in [0.717, 1.165) is 11.1 Å². The van der Waals surface area contributed by atoms with Crippen molar-refractivity contribution >= 4 is 11.9 Å². The zero-order chi connectivity index (χ0) is 12.4. The fourth-order valence-electron chi connectivity index (χ4n) is 1.78. The van der Waals surface area contributed by atoms with Crippen molar-refractivity contribution in [3.63, 3.8) is 0 Å². The van der Waals surface area contributed by atoms with Crippen LogP contribution in [0.5, 0.6) is 5.75 Å². The third kappa shape index (κ3) is 2.46. The SMILES string of the molecule is Cc1cccc(OC(=O)N2CCC(=O)C2)c1C. The number of likely N-dealkylation sites (tertiary alicyclic amines) is 1. The summed E-state index contributed by atoms with van der Waals surface area (Å²) in [7, 11) is 0. The number of nitrogens with zero attached hydrogens (tertiary/aromatic N) is 1. The molecule has 1 heterocycles. The predicted molar refractivity (Wildman–Crippen MR) is 63.1 cm³/mol. The van der Waals surface area contributed by atoms with Crippen LogP contribution in [0, 0.1) is 13.8 Å². The molecule has 0 unspecified atom stereocenters. The summed E-state index contributed by atoms with van der Waals surface area (Å²) in [6.07, 6.45) is -0.00779. The summed E-state index contributed by atoms with van der Waals surface area (Å²) in [6, 6.07) is 5.57. The Hall–Kier alpha value is -1.84. The van der Waals surface area contributed by atoms with Crippen molar-refractivity contribution in [2.45, 2.75) is 20.3 Å². The monoisotopic (exact) mass is 233 g/mol. The van der Waals surface area contributed by atoms with Gasteiger partial charge in [-0.25, -0.2) is 4.79 Å².